The van der Waals surface area contributed by atoms with Crippen molar-refractivity contribution in [1.29, 1.82) is 0 Å². The molecule has 0 aromatic carbocycles. The minimum Gasteiger partial charge on any atom is -2.00 e. The fraction of sp³-hybridized carbons (Fsp3) is 0. The van der Waals surface area contributed by atoms with Gasteiger partial charge in [-0.25, -0.2) is 0 Å². The Kier molecular flexibility index (Phi) is 869. The Labute approximate surface area is 114 Å². The average molecular weight is 396 g/mol. The first-order valence-corrected chi connectivity index (χ1v) is 0. The Balaban J connectivity index is 0. The van der Waals surface area contributed by atoms with Gasteiger partial charge in [-0.15, -0.1) is 0 Å². The van der Waals surface area contributed by atoms with E-state index in [9.17, 15) is 0 Å². The summed E-state index contributed by atoms with van der Waals surface area (Å²) in [7, 11) is 0. The SMILES string of the molecule is [Eu+3].[In+3].[O-2].[O-2].[O-2].[O-2].[Zn+2]. The number of hydrogen-bond donors (Lipinski definition) is 0. The van der Waals surface area contributed by atoms with Gasteiger partial charge in [0.1, 0.15) is 0 Å². The molecular weight excluding hydrogens is 396 g/mol. The quantitative estimate of drug-likeness (QED) is 0.475. The van der Waals surface area contributed by atoms with Gasteiger partial charge in [-0.2, -0.15) is 0 Å². The number of hydrogen-bond acceptors (Lipinski definition) is 0. The van der Waals surface area contributed by atoms with Crippen molar-refractivity contribution in [2.24, 2.45) is 0 Å². The standard InChI is InChI=1S/Eu.In.4O.Zn/q2*+3;4*-2;+2. The van der Waals surface area contributed by atoms with Gasteiger partial charge in [0.2, 0.25) is 0 Å². The summed E-state index contributed by atoms with van der Waals surface area (Å²) in [5.74, 6) is 0. The molecule has 0 aromatic heterocycles. The van der Waals surface area contributed by atoms with Crippen LogP contribution in [0.1, 0.15) is 0 Å². The molecule has 0 radical (unpaired) electrons. The first-order valence-electron chi connectivity index (χ1n) is 0. The molecule has 36 valence electrons. The molecule has 7 heteroatoms. The monoisotopic (exact) mass is 396 g/mol. The molecule has 0 saturated carbocycles. The fourth-order valence-electron chi connectivity index (χ4n) is 0. The van der Waals surface area contributed by atoms with E-state index < -0.39 is 0 Å². The summed E-state index contributed by atoms with van der Waals surface area (Å²) in [5, 5.41) is 0. The van der Waals surface area contributed by atoms with Gasteiger partial charge in [0.15, 0.2) is 0 Å². The second-order valence-electron chi connectivity index (χ2n) is 0. The van der Waals surface area contributed by atoms with E-state index in [4.69, 9.17) is 0 Å². The van der Waals surface area contributed by atoms with Crippen LogP contribution in [0, 0.1) is 49.4 Å². The number of rotatable bonds is 0. The molecule has 0 bridgehead atoms. The topological polar surface area (TPSA) is 114 Å². The molecule has 0 rings (SSSR count). The summed E-state index contributed by atoms with van der Waals surface area (Å²) in [6.07, 6.45) is 0. The van der Waals surface area contributed by atoms with Crippen molar-refractivity contribution in [1.82, 2.24) is 0 Å². The van der Waals surface area contributed by atoms with Gasteiger partial charge in [0.25, 0.3) is 0 Å². The van der Waals surface area contributed by atoms with Crippen molar-refractivity contribution in [3.63, 3.8) is 0 Å². The van der Waals surface area contributed by atoms with E-state index in [0.29, 0.717) is 0 Å². The third kappa shape index (κ3) is 50.1. The van der Waals surface area contributed by atoms with E-state index in [1.807, 2.05) is 0 Å². The molecule has 0 unspecified atom stereocenters. The van der Waals surface area contributed by atoms with Crippen molar-refractivity contribution in [2.75, 3.05) is 0 Å². The van der Waals surface area contributed by atoms with Crippen LogP contribution in [0.15, 0.2) is 0 Å². The van der Waals surface area contributed by atoms with Crippen molar-refractivity contribution >= 4 is 25.8 Å². The summed E-state index contributed by atoms with van der Waals surface area (Å²) >= 11 is 0. The van der Waals surface area contributed by atoms with E-state index in [2.05, 4.69) is 0 Å². The van der Waals surface area contributed by atoms with Gasteiger partial charge in [0.05, 0.1) is 0 Å². The van der Waals surface area contributed by atoms with Gasteiger partial charge < -0.3 is 21.9 Å². The van der Waals surface area contributed by atoms with Crippen molar-refractivity contribution in [3.8, 4) is 0 Å². The van der Waals surface area contributed by atoms with Gasteiger partial charge in [0, 0.05) is 0 Å². The Morgan fingerprint density at radius 3 is 0.571 bits per heavy atom. The van der Waals surface area contributed by atoms with Crippen molar-refractivity contribution in [3.05, 3.63) is 0 Å². The molecule has 0 aliphatic carbocycles. The molecule has 0 fully saturated rings. The summed E-state index contributed by atoms with van der Waals surface area (Å²) in [6.45, 7) is 0. The zero-order valence-corrected chi connectivity index (χ0v) is 12.0. The van der Waals surface area contributed by atoms with Gasteiger partial charge in [-0.3, -0.25) is 0 Å². The van der Waals surface area contributed by atoms with E-state index >= 15 is 0 Å². The molecule has 0 amide bonds. The van der Waals surface area contributed by atoms with Crippen LogP contribution in [-0.2, 0) is 41.4 Å². The Morgan fingerprint density at radius 2 is 0.571 bits per heavy atom. The molecule has 0 spiro atoms. The van der Waals surface area contributed by atoms with Crippen molar-refractivity contribution in [2.45, 2.75) is 0 Å². The van der Waals surface area contributed by atoms with Crippen molar-refractivity contribution < 1.29 is 90.8 Å². The van der Waals surface area contributed by atoms with Gasteiger partial charge >= 0.3 is 94.7 Å². The second kappa shape index (κ2) is 65.7. The molecule has 0 heterocycles. The first-order chi connectivity index (χ1) is 0. The zero-order chi connectivity index (χ0) is 0. The Hall–Kier alpha value is 2.92. The smallest absolute Gasteiger partial charge is 2.00 e. The molecule has 0 aliphatic heterocycles. The zero-order valence-electron chi connectivity index (χ0n) is 3.30. The molecule has 4 nitrogen and oxygen atoms in total. The normalized spacial score (nSPS) is 0. The van der Waals surface area contributed by atoms with Crippen LogP contribution in [0.5, 0.6) is 0 Å². The maximum atomic E-state index is 0. The van der Waals surface area contributed by atoms with E-state index in [0.717, 1.165) is 0 Å². The predicted molar refractivity (Wildman–Crippen MR) is 8.50 cm³/mol. The summed E-state index contributed by atoms with van der Waals surface area (Å²) in [5.41, 5.74) is 0. The summed E-state index contributed by atoms with van der Waals surface area (Å²) in [4.78, 5) is 0. The third-order valence-corrected chi connectivity index (χ3v) is 0. The Bertz CT molecular complexity index is 11.7. The second-order valence-corrected chi connectivity index (χ2v) is 0. The van der Waals surface area contributed by atoms with Crippen LogP contribution >= 0.6 is 0 Å². The Morgan fingerprint density at radius 1 is 0.571 bits per heavy atom. The molecule has 0 aliphatic rings. The largest absolute Gasteiger partial charge is 3.00 e. The van der Waals surface area contributed by atoms with Crippen LogP contribution < -0.4 is 0 Å². The van der Waals surface area contributed by atoms with E-state index in [-0.39, 0.29) is 117 Å². The molecule has 0 N–H and O–H groups in total. The van der Waals surface area contributed by atoms with Crippen LogP contribution in [0.25, 0.3) is 0 Å². The first kappa shape index (κ1) is 92.6. The fourth-order valence-corrected chi connectivity index (χ4v) is 0. The van der Waals surface area contributed by atoms with Gasteiger partial charge in [-0.05, 0) is 0 Å². The summed E-state index contributed by atoms with van der Waals surface area (Å²) < 4.78 is 0. The van der Waals surface area contributed by atoms with E-state index in [1.165, 1.54) is 0 Å². The minimum atomic E-state index is 0. The minimum absolute atomic E-state index is 0. The van der Waals surface area contributed by atoms with Crippen LogP contribution in [0.2, 0.25) is 0 Å². The summed E-state index contributed by atoms with van der Waals surface area (Å²) in [6, 6.07) is 0. The van der Waals surface area contributed by atoms with Gasteiger partial charge in [-0.1, -0.05) is 0 Å². The van der Waals surface area contributed by atoms with E-state index in [1.54, 1.807) is 0 Å². The maximum Gasteiger partial charge on any atom is 3.00 e. The average Bonchev–Trinajstić information content (AvgIpc) is 0. The molecule has 0 saturated heterocycles. The molecular formula is EuInO4Zn. The molecule has 0 aromatic rings. The van der Waals surface area contributed by atoms with Crippen LogP contribution in [-0.4, -0.2) is 25.8 Å². The van der Waals surface area contributed by atoms with Crippen LogP contribution in [0.4, 0.5) is 0 Å². The molecule has 0 atom stereocenters. The maximum absolute atomic E-state index is 0. The predicted octanol–water partition coefficient (Wildman–Crippen LogP) is -0.859. The molecule has 7 heavy (non-hydrogen) atoms. The van der Waals surface area contributed by atoms with Crippen LogP contribution in [0.3, 0.4) is 0 Å². The third-order valence-electron chi connectivity index (χ3n) is 0.